The summed E-state index contributed by atoms with van der Waals surface area (Å²) in [6, 6.07) is 11.6. The van der Waals surface area contributed by atoms with Gasteiger partial charge >= 0.3 is 5.63 Å². The molecule has 0 amide bonds. The van der Waals surface area contributed by atoms with Gasteiger partial charge in [0.1, 0.15) is 17.1 Å². The smallest absolute Gasteiger partial charge is 0.336 e. The van der Waals surface area contributed by atoms with E-state index in [1.165, 1.54) is 19.2 Å². The minimum Gasteiger partial charge on any atom is -0.507 e. The molecule has 2 aromatic carbocycles. The van der Waals surface area contributed by atoms with Gasteiger partial charge in [0.15, 0.2) is 6.29 Å². The third-order valence-electron chi connectivity index (χ3n) is 4.79. The molecule has 156 valence electrons. The molecule has 0 radical (unpaired) electrons. The number of hydrogen-bond acceptors (Lipinski definition) is 7. The highest BCUT2D eigenvalue weighted by atomic mass is 16.5. The standard InChI is InChI=1S/C23H23NO6/c1-24(9-10-25)13-19-20(27)8-7-17-18(12-22(28)30-23(17)19)16(14-26)11-15-5-3-4-6-21(15)29-2/h3-8,11-12,14,25,27H,9-10,13H2,1-2H3/b16-11+. The Morgan fingerprint density at radius 1 is 1.23 bits per heavy atom. The number of aliphatic hydroxyl groups excluding tert-OH is 1. The summed E-state index contributed by atoms with van der Waals surface area (Å²) in [5.41, 5.74) is 1.33. The van der Waals surface area contributed by atoms with Crippen LogP contribution in [-0.4, -0.2) is 48.7 Å². The van der Waals surface area contributed by atoms with Crippen LogP contribution in [0.25, 0.3) is 22.6 Å². The number of para-hydroxylation sites is 1. The molecule has 7 nitrogen and oxygen atoms in total. The van der Waals surface area contributed by atoms with Crippen LogP contribution in [0.1, 0.15) is 16.7 Å². The van der Waals surface area contributed by atoms with Crippen LogP contribution < -0.4 is 10.4 Å². The van der Waals surface area contributed by atoms with Crippen LogP contribution >= 0.6 is 0 Å². The number of methoxy groups -OCH3 is 1. The monoisotopic (exact) mass is 409 g/mol. The number of hydrogen-bond donors (Lipinski definition) is 2. The lowest BCUT2D eigenvalue weighted by molar-refractivity contribution is -0.103. The van der Waals surface area contributed by atoms with E-state index in [1.54, 1.807) is 36.2 Å². The second-order valence-electron chi connectivity index (χ2n) is 6.84. The highest BCUT2D eigenvalue weighted by Gasteiger charge is 2.17. The van der Waals surface area contributed by atoms with Crippen molar-refractivity contribution in [2.24, 2.45) is 0 Å². The van der Waals surface area contributed by atoms with E-state index in [-0.39, 0.29) is 30.1 Å². The Morgan fingerprint density at radius 2 is 2.00 bits per heavy atom. The van der Waals surface area contributed by atoms with Gasteiger partial charge < -0.3 is 19.4 Å². The molecule has 0 aliphatic rings. The van der Waals surface area contributed by atoms with E-state index >= 15 is 0 Å². The molecule has 0 fully saturated rings. The first-order chi connectivity index (χ1) is 14.5. The zero-order chi connectivity index (χ0) is 21.7. The fourth-order valence-electron chi connectivity index (χ4n) is 3.31. The third kappa shape index (κ3) is 4.42. The number of benzene rings is 2. The van der Waals surface area contributed by atoms with Crippen molar-refractivity contribution in [2.75, 3.05) is 27.3 Å². The number of carbonyl (C=O) groups excluding carboxylic acids is 1. The fraction of sp³-hybridized carbons (Fsp3) is 0.217. The third-order valence-corrected chi connectivity index (χ3v) is 4.79. The lowest BCUT2D eigenvalue weighted by atomic mass is 9.98. The predicted octanol–water partition coefficient (Wildman–Crippen LogP) is 2.67. The minimum atomic E-state index is -0.637. The lowest BCUT2D eigenvalue weighted by Crippen LogP contribution is -2.21. The number of likely N-dealkylation sites (N-methyl/N-ethyl adjacent to an activating group) is 1. The maximum atomic E-state index is 12.3. The molecule has 7 heteroatoms. The molecular weight excluding hydrogens is 386 g/mol. The van der Waals surface area contributed by atoms with Gasteiger partial charge in [0, 0.05) is 41.2 Å². The number of aliphatic hydroxyl groups is 1. The maximum absolute atomic E-state index is 12.3. The molecule has 1 heterocycles. The molecule has 0 aliphatic heterocycles. The van der Waals surface area contributed by atoms with Crippen molar-refractivity contribution in [3.8, 4) is 11.5 Å². The van der Waals surface area contributed by atoms with Crippen molar-refractivity contribution in [3.05, 3.63) is 69.6 Å². The van der Waals surface area contributed by atoms with Gasteiger partial charge in [0.05, 0.1) is 19.3 Å². The topological polar surface area (TPSA) is 100 Å². The molecule has 0 aliphatic carbocycles. The maximum Gasteiger partial charge on any atom is 0.336 e. The molecule has 30 heavy (non-hydrogen) atoms. The number of phenolic OH excluding ortho intramolecular Hbond substituents is 1. The summed E-state index contributed by atoms with van der Waals surface area (Å²) in [6.07, 6.45) is 2.32. The average molecular weight is 409 g/mol. The number of fused-ring (bicyclic) bond motifs is 1. The number of ether oxygens (including phenoxy) is 1. The van der Waals surface area contributed by atoms with Crippen LogP contribution in [0.15, 0.2) is 51.7 Å². The predicted molar refractivity (Wildman–Crippen MR) is 114 cm³/mol. The van der Waals surface area contributed by atoms with E-state index in [1.807, 2.05) is 12.1 Å². The Morgan fingerprint density at radius 3 is 2.70 bits per heavy atom. The summed E-state index contributed by atoms with van der Waals surface area (Å²) < 4.78 is 10.8. The van der Waals surface area contributed by atoms with Crippen LogP contribution in [-0.2, 0) is 11.3 Å². The van der Waals surface area contributed by atoms with Crippen LogP contribution in [0.2, 0.25) is 0 Å². The van der Waals surface area contributed by atoms with E-state index < -0.39 is 5.63 Å². The summed E-state index contributed by atoms with van der Waals surface area (Å²) in [4.78, 5) is 26.0. The first-order valence-corrected chi connectivity index (χ1v) is 9.36. The number of phenols is 1. The number of aromatic hydroxyl groups is 1. The molecule has 0 saturated heterocycles. The molecule has 3 rings (SSSR count). The molecule has 3 aromatic rings. The summed E-state index contributed by atoms with van der Waals surface area (Å²) in [7, 11) is 3.31. The summed E-state index contributed by atoms with van der Waals surface area (Å²) >= 11 is 0. The molecule has 0 atom stereocenters. The molecule has 0 saturated carbocycles. The van der Waals surface area contributed by atoms with Crippen molar-refractivity contribution in [1.82, 2.24) is 4.90 Å². The Kier molecular flexibility index (Phi) is 6.66. The highest BCUT2D eigenvalue weighted by molar-refractivity contribution is 6.17. The van der Waals surface area contributed by atoms with Crippen molar-refractivity contribution < 1.29 is 24.2 Å². The zero-order valence-electron chi connectivity index (χ0n) is 16.8. The molecule has 2 N–H and O–H groups in total. The molecule has 0 spiro atoms. The second-order valence-corrected chi connectivity index (χ2v) is 6.84. The normalized spacial score (nSPS) is 11.8. The largest absolute Gasteiger partial charge is 0.507 e. The number of carbonyl (C=O) groups is 1. The molecule has 0 unspecified atom stereocenters. The lowest BCUT2D eigenvalue weighted by Gasteiger charge is -2.17. The zero-order valence-corrected chi connectivity index (χ0v) is 16.8. The van der Waals surface area contributed by atoms with Gasteiger partial charge in [-0.25, -0.2) is 4.79 Å². The van der Waals surface area contributed by atoms with Crippen LogP contribution in [0.4, 0.5) is 0 Å². The average Bonchev–Trinajstić information content (AvgIpc) is 2.74. The van der Waals surface area contributed by atoms with Gasteiger partial charge in [0.25, 0.3) is 0 Å². The fourth-order valence-corrected chi connectivity index (χ4v) is 3.31. The van der Waals surface area contributed by atoms with Gasteiger partial charge in [-0.15, -0.1) is 0 Å². The molecular formula is C23H23NO6. The first kappa shape index (κ1) is 21.3. The first-order valence-electron chi connectivity index (χ1n) is 9.36. The van der Waals surface area contributed by atoms with Gasteiger partial charge in [-0.05, 0) is 31.3 Å². The number of rotatable bonds is 8. The Balaban J connectivity index is 2.22. The molecule has 0 bridgehead atoms. The SMILES string of the molecule is COc1ccccc1/C=C(\C=O)c1cc(=O)oc2c(CN(C)CCO)c(O)ccc12. The van der Waals surface area contributed by atoms with E-state index in [4.69, 9.17) is 14.3 Å². The van der Waals surface area contributed by atoms with Crippen molar-refractivity contribution in [2.45, 2.75) is 6.54 Å². The quantitative estimate of drug-likeness (QED) is 0.335. The molecule has 1 aromatic heterocycles. The van der Waals surface area contributed by atoms with E-state index in [2.05, 4.69) is 0 Å². The van der Waals surface area contributed by atoms with E-state index in [9.17, 15) is 14.7 Å². The van der Waals surface area contributed by atoms with E-state index in [0.29, 0.717) is 40.7 Å². The summed E-state index contributed by atoms with van der Waals surface area (Å²) in [5.74, 6) is 0.557. The minimum absolute atomic E-state index is 0.0334. The van der Waals surface area contributed by atoms with Crippen molar-refractivity contribution in [3.63, 3.8) is 0 Å². The Bertz CT molecular complexity index is 1150. The Hall–Kier alpha value is -3.42. The van der Waals surface area contributed by atoms with Gasteiger partial charge in [-0.1, -0.05) is 18.2 Å². The van der Waals surface area contributed by atoms with Gasteiger partial charge in [-0.3, -0.25) is 9.69 Å². The number of aldehydes is 1. The second kappa shape index (κ2) is 9.39. The van der Waals surface area contributed by atoms with Crippen LogP contribution in [0.5, 0.6) is 11.5 Å². The Labute approximate surface area is 173 Å². The number of allylic oxidation sites excluding steroid dienone is 1. The van der Waals surface area contributed by atoms with E-state index in [0.717, 1.165) is 0 Å². The number of nitrogens with zero attached hydrogens (tertiary/aromatic N) is 1. The van der Waals surface area contributed by atoms with Crippen LogP contribution in [0.3, 0.4) is 0 Å². The summed E-state index contributed by atoms with van der Waals surface area (Å²) in [5, 5.41) is 20.0. The van der Waals surface area contributed by atoms with Crippen molar-refractivity contribution in [1.29, 1.82) is 0 Å². The van der Waals surface area contributed by atoms with Gasteiger partial charge in [0.2, 0.25) is 0 Å². The highest BCUT2D eigenvalue weighted by Crippen LogP contribution is 2.33. The summed E-state index contributed by atoms with van der Waals surface area (Å²) in [6.45, 7) is 0.587. The van der Waals surface area contributed by atoms with Crippen molar-refractivity contribution >= 4 is 28.9 Å². The van der Waals surface area contributed by atoms with Crippen LogP contribution in [0, 0.1) is 0 Å². The van der Waals surface area contributed by atoms with Gasteiger partial charge in [-0.2, -0.15) is 0 Å².